The van der Waals surface area contributed by atoms with Gasteiger partial charge in [0.05, 0.1) is 0 Å². The van der Waals surface area contributed by atoms with Gasteiger partial charge in [0.25, 0.3) is 11.8 Å². The highest BCUT2D eigenvalue weighted by atomic mass is 16.2. The summed E-state index contributed by atoms with van der Waals surface area (Å²) in [5.41, 5.74) is 5.35. The zero-order valence-electron chi connectivity index (χ0n) is 19.2. The molecule has 4 aromatic rings. The summed E-state index contributed by atoms with van der Waals surface area (Å²) in [6, 6.07) is 19.2. The number of nitrogens with zero attached hydrogens (tertiary/aromatic N) is 1. The van der Waals surface area contributed by atoms with Crippen molar-refractivity contribution >= 4 is 22.7 Å². The summed E-state index contributed by atoms with van der Waals surface area (Å²) in [7, 11) is 0. The number of pyridine rings is 1. The van der Waals surface area contributed by atoms with Crippen LogP contribution in [0.25, 0.3) is 22.0 Å². The average molecular weight is 453 g/mol. The summed E-state index contributed by atoms with van der Waals surface area (Å²) in [4.78, 5) is 33.2. The van der Waals surface area contributed by atoms with E-state index in [2.05, 4.69) is 26.7 Å². The molecule has 0 radical (unpaired) electrons. The van der Waals surface area contributed by atoms with E-state index < -0.39 is 0 Å². The molecule has 5 rings (SSSR count). The molecule has 172 valence electrons. The van der Waals surface area contributed by atoms with Gasteiger partial charge in [-0.25, -0.2) is 0 Å². The maximum Gasteiger partial charge on any atom is 0.268 e. The van der Waals surface area contributed by atoms with Crippen LogP contribution in [0.3, 0.4) is 0 Å². The molecule has 34 heavy (non-hydrogen) atoms. The molecule has 0 bridgehead atoms. The number of aromatic nitrogens is 2. The molecule has 2 atom stereocenters. The number of carbonyl (C=O) groups is 2. The van der Waals surface area contributed by atoms with Crippen LogP contribution in [0.2, 0.25) is 0 Å². The van der Waals surface area contributed by atoms with Gasteiger partial charge in [0.15, 0.2) is 0 Å². The van der Waals surface area contributed by atoms with Gasteiger partial charge in [-0.2, -0.15) is 0 Å². The lowest BCUT2D eigenvalue weighted by atomic mass is 9.90. The first-order valence-electron chi connectivity index (χ1n) is 11.8. The van der Waals surface area contributed by atoms with Gasteiger partial charge < -0.3 is 15.6 Å². The average Bonchev–Trinajstić information content (AvgIpc) is 3.29. The fourth-order valence-electron chi connectivity index (χ4n) is 4.71. The van der Waals surface area contributed by atoms with E-state index in [1.165, 1.54) is 0 Å². The molecule has 0 unspecified atom stereocenters. The molecule has 6 heteroatoms. The number of rotatable bonds is 5. The second kappa shape index (κ2) is 9.51. The Kier molecular flexibility index (Phi) is 6.12. The van der Waals surface area contributed by atoms with Crippen LogP contribution >= 0.6 is 0 Å². The van der Waals surface area contributed by atoms with E-state index in [0.29, 0.717) is 11.3 Å². The Morgan fingerprint density at radius 3 is 2.18 bits per heavy atom. The van der Waals surface area contributed by atoms with Crippen molar-refractivity contribution in [1.29, 1.82) is 0 Å². The predicted octanol–water partition coefficient (Wildman–Crippen LogP) is 5.01. The van der Waals surface area contributed by atoms with Gasteiger partial charge in [-0.1, -0.05) is 36.6 Å². The number of H-pyrrole nitrogens is 1. The molecule has 2 amide bonds. The Bertz CT molecular complexity index is 1310. The van der Waals surface area contributed by atoms with Crippen LogP contribution in [-0.2, 0) is 0 Å². The van der Waals surface area contributed by atoms with Crippen LogP contribution < -0.4 is 10.6 Å². The first kappa shape index (κ1) is 21.9. The monoisotopic (exact) mass is 452 g/mol. The highest BCUT2D eigenvalue weighted by Gasteiger charge is 2.28. The lowest BCUT2D eigenvalue weighted by molar-refractivity contribution is 0.0860. The topological polar surface area (TPSA) is 86.9 Å². The summed E-state index contributed by atoms with van der Waals surface area (Å²) in [6.07, 6.45) is 7.26. The van der Waals surface area contributed by atoms with Crippen molar-refractivity contribution in [2.75, 3.05) is 0 Å². The summed E-state index contributed by atoms with van der Waals surface area (Å²) in [5, 5.41) is 7.34. The molecule has 3 N–H and O–H groups in total. The van der Waals surface area contributed by atoms with Crippen LogP contribution in [0.4, 0.5) is 0 Å². The number of hydrogen-bond donors (Lipinski definition) is 3. The number of fused-ring (bicyclic) bond motifs is 1. The zero-order chi connectivity index (χ0) is 23.5. The van der Waals surface area contributed by atoms with Crippen molar-refractivity contribution in [3.05, 3.63) is 89.9 Å². The largest absolute Gasteiger partial charge is 0.351 e. The summed E-state index contributed by atoms with van der Waals surface area (Å²) in [6.45, 7) is 2.04. The van der Waals surface area contributed by atoms with Gasteiger partial charge in [-0.3, -0.25) is 14.6 Å². The third-order valence-electron chi connectivity index (χ3n) is 6.58. The second-order valence-corrected chi connectivity index (χ2v) is 9.03. The van der Waals surface area contributed by atoms with E-state index in [-0.39, 0.29) is 23.9 Å². The van der Waals surface area contributed by atoms with Crippen LogP contribution in [0.1, 0.15) is 52.1 Å². The Hall–Kier alpha value is -3.93. The van der Waals surface area contributed by atoms with Crippen molar-refractivity contribution in [2.45, 2.75) is 44.7 Å². The van der Waals surface area contributed by atoms with E-state index in [4.69, 9.17) is 0 Å². The highest BCUT2D eigenvalue weighted by Crippen LogP contribution is 2.22. The molecule has 0 saturated heterocycles. The lowest BCUT2D eigenvalue weighted by Gasteiger charge is -2.32. The van der Waals surface area contributed by atoms with E-state index >= 15 is 0 Å². The maximum absolute atomic E-state index is 13.0. The van der Waals surface area contributed by atoms with E-state index in [9.17, 15) is 9.59 Å². The number of aryl methyl sites for hydroxylation is 1. The highest BCUT2D eigenvalue weighted by molar-refractivity contribution is 5.98. The van der Waals surface area contributed by atoms with Crippen LogP contribution in [0.5, 0.6) is 0 Å². The van der Waals surface area contributed by atoms with Gasteiger partial charge in [0.2, 0.25) is 0 Å². The van der Waals surface area contributed by atoms with Crippen molar-refractivity contribution in [3.8, 4) is 11.1 Å². The number of carbonyl (C=O) groups excluding carboxylic acids is 2. The van der Waals surface area contributed by atoms with Crippen LogP contribution in [0, 0.1) is 6.92 Å². The molecule has 2 heterocycles. The van der Waals surface area contributed by atoms with Gasteiger partial charge >= 0.3 is 0 Å². The summed E-state index contributed by atoms with van der Waals surface area (Å²) >= 11 is 0. The SMILES string of the molecule is Cc1ccc2[nH]c(C(=O)N[C@H]3CCCC[C@H]3NC(=O)c3ccc(-c4ccncc4)cc3)cc2c1. The number of aromatic amines is 1. The van der Waals surface area contributed by atoms with E-state index in [1.54, 1.807) is 12.4 Å². The van der Waals surface area contributed by atoms with Crippen molar-refractivity contribution in [2.24, 2.45) is 0 Å². The molecule has 0 aliphatic heterocycles. The molecular formula is C28H28N4O2. The van der Waals surface area contributed by atoms with Crippen LogP contribution in [0.15, 0.2) is 73.1 Å². The maximum atomic E-state index is 13.0. The fourth-order valence-corrected chi connectivity index (χ4v) is 4.71. The van der Waals surface area contributed by atoms with Crippen molar-refractivity contribution < 1.29 is 9.59 Å². The number of nitrogens with one attached hydrogen (secondary N) is 3. The molecule has 2 aromatic heterocycles. The molecule has 1 saturated carbocycles. The van der Waals surface area contributed by atoms with Crippen molar-refractivity contribution in [3.63, 3.8) is 0 Å². The first-order chi connectivity index (χ1) is 16.6. The second-order valence-electron chi connectivity index (χ2n) is 9.03. The van der Waals surface area contributed by atoms with Gasteiger partial charge in [0, 0.05) is 40.9 Å². The molecule has 1 aliphatic rings. The minimum absolute atomic E-state index is 0.100. The Balaban J connectivity index is 1.26. The van der Waals surface area contributed by atoms with E-state index in [0.717, 1.165) is 53.3 Å². The van der Waals surface area contributed by atoms with Crippen LogP contribution in [-0.4, -0.2) is 33.9 Å². The standard InChI is InChI=1S/C28H28N4O2/c1-18-6-11-23-22(16-18)17-26(30-23)28(34)32-25-5-3-2-4-24(25)31-27(33)21-9-7-19(8-10-21)20-12-14-29-15-13-20/h6-17,24-25,30H,2-5H2,1H3,(H,31,33)(H,32,34)/t24-,25+/m1/s1. The molecule has 2 aromatic carbocycles. The minimum atomic E-state index is -0.137. The lowest BCUT2D eigenvalue weighted by Crippen LogP contribution is -2.53. The minimum Gasteiger partial charge on any atom is -0.351 e. The smallest absolute Gasteiger partial charge is 0.268 e. The third-order valence-corrected chi connectivity index (χ3v) is 6.58. The first-order valence-corrected chi connectivity index (χ1v) is 11.8. The number of hydrogen-bond acceptors (Lipinski definition) is 3. The Morgan fingerprint density at radius 1 is 0.824 bits per heavy atom. The number of benzene rings is 2. The molecule has 1 fully saturated rings. The molecule has 1 aliphatic carbocycles. The summed E-state index contributed by atoms with van der Waals surface area (Å²) < 4.78 is 0. The molecule has 0 spiro atoms. The third kappa shape index (κ3) is 4.71. The van der Waals surface area contributed by atoms with Gasteiger partial charge in [0.1, 0.15) is 5.69 Å². The van der Waals surface area contributed by atoms with Gasteiger partial charge in [-0.05, 0) is 73.4 Å². The fraction of sp³-hybridized carbons (Fsp3) is 0.250. The summed E-state index contributed by atoms with van der Waals surface area (Å²) in [5.74, 6) is -0.254. The normalized spacial score (nSPS) is 17.9. The number of amides is 2. The quantitative estimate of drug-likeness (QED) is 0.398. The van der Waals surface area contributed by atoms with Gasteiger partial charge in [-0.15, -0.1) is 0 Å². The Morgan fingerprint density at radius 2 is 1.47 bits per heavy atom. The van der Waals surface area contributed by atoms with Crippen molar-refractivity contribution in [1.82, 2.24) is 20.6 Å². The molecule has 6 nitrogen and oxygen atoms in total. The molecular weight excluding hydrogens is 424 g/mol. The predicted molar refractivity (Wildman–Crippen MR) is 134 cm³/mol. The van der Waals surface area contributed by atoms with E-state index in [1.807, 2.05) is 61.5 Å². The zero-order valence-corrected chi connectivity index (χ0v) is 19.2. The Labute approximate surface area is 198 Å².